The Morgan fingerprint density at radius 3 is 2.70 bits per heavy atom. The van der Waals surface area contributed by atoms with Crippen molar-refractivity contribution in [2.75, 3.05) is 13.1 Å². The summed E-state index contributed by atoms with van der Waals surface area (Å²) in [5.74, 6) is 0.182. The molecular weight excluding hydrogens is 130 g/mol. The molecule has 0 saturated carbocycles. The number of nitrogens with zero attached hydrogens (tertiary/aromatic N) is 1. The molecule has 0 aliphatic rings. The molecule has 0 amide bonds. The van der Waals surface area contributed by atoms with Gasteiger partial charge in [0.25, 0.3) is 0 Å². The van der Waals surface area contributed by atoms with Gasteiger partial charge in [0, 0.05) is 6.54 Å². The number of oxime groups is 1. The van der Waals surface area contributed by atoms with Crippen LogP contribution in [-0.2, 0) is 0 Å². The number of nitrogens with one attached hydrogen (secondary N) is 1. The molecule has 4 N–H and O–H groups in total. The first-order valence-electron chi connectivity index (χ1n) is 2.98. The van der Waals surface area contributed by atoms with Gasteiger partial charge in [-0.3, -0.25) is 0 Å². The zero-order valence-electron chi connectivity index (χ0n) is 6.09. The van der Waals surface area contributed by atoms with E-state index in [0.717, 1.165) is 5.57 Å². The summed E-state index contributed by atoms with van der Waals surface area (Å²) in [4.78, 5) is 0. The first-order valence-corrected chi connectivity index (χ1v) is 2.98. The standard InChI is InChI=1S/C6H13N3O/c1-5(2)3-8-4-6(7)9-10/h8,10H,1,3-4H2,2H3,(H2,7,9). The quantitative estimate of drug-likeness (QED) is 0.169. The zero-order valence-corrected chi connectivity index (χ0v) is 6.09. The van der Waals surface area contributed by atoms with E-state index in [1.165, 1.54) is 0 Å². The van der Waals surface area contributed by atoms with E-state index >= 15 is 0 Å². The molecule has 58 valence electrons. The van der Waals surface area contributed by atoms with E-state index in [1.807, 2.05) is 6.92 Å². The molecule has 0 unspecified atom stereocenters. The van der Waals surface area contributed by atoms with Crippen LogP contribution < -0.4 is 11.1 Å². The fourth-order valence-electron chi connectivity index (χ4n) is 0.439. The summed E-state index contributed by atoms with van der Waals surface area (Å²) in [6, 6.07) is 0. The van der Waals surface area contributed by atoms with Gasteiger partial charge in [0.15, 0.2) is 5.84 Å². The van der Waals surface area contributed by atoms with Gasteiger partial charge < -0.3 is 16.3 Å². The molecule has 0 atom stereocenters. The Balaban J connectivity index is 3.29. The molecule has 0 aliphatic carbocycles. The minimum atomic E-state index is 0.182. The van der Waals surface area contributed by atoms with E-state index in [4.69, 9.17) is 10.9 Å². The van der Waals surface area contributed by atoms with E-state index in [2.05, 4.69) is 17.1 Å². The summed E-state index contributed by atoms with van der Waals surface area (Å²) in [7, 11) is 0. The minimum Gasteiger partial charge on any atom is -0.409 e. The third-order valence-electron chi connectivity index (χ3n) is 0.861. The number of hydrogen-bond acceptors (Lipinski definition) is 3. The van der Waals surface area contributed by atoms with Gasteiger partial charge in [-0.2, -0.15) is 0 Å². The normalized spacial score (nSPS) is 11.5. The van der Waals surface area contributed by atoms with Crippen LogP contribution in [0.25, 0.3) is 0 Å². The molecule has 0 spiro atoms. The minimum absolute atomic E-state index is 0.182. The first kappa shape index (κ1) is 8.97. The highest BCUT2D eigenvalue weighted by molar-refractivity contribution is 5.81. The number of amidine groups is 1. The van der Waals surface area contributed by atoms with Gasteiger partial charge in [-0.25, -0.2) is 0 Å². The fraction of sp³-hybridized carbons (Fsp3) is 0.500. The second kappa shape index (κ2) is 4.81. The van der Waals surface area contributed by atoms with Crippen molar-refractivity contribution in [2.45, 2.75) is 6.92 Å². The highest BCUT2D eigenvalue weighted by Gasteiger charge is 1.90. The predicted molar refractivity (Wildman–Crippen MR) is 41.1 cm³/mol. The lowest BCUT2D eigenvalue weighted by Gasteiger charge is -2.00. The SMILES string of the molecule is C=C(C)CNCC(N)=NO. The smallest absolute Gasteiger partial charge is 0.153 e. The summed E-state index contributed by atoms with van der Waals surface area (Å²) in [5, 5.41) is 13.8. The lowest BCUT2D eigenvalue weighted by Crippen LogP contribution is -2.29. The molecule has 0 aromatic rings. The molecule has 0 saturated heterocycles. The van der Waals surface area contributed by atoms with Gasteiger partial charge in [0.1, 0.15) is 0 Å². The molecule has 0 rings (SSSR count). The summed E-state index contributed by atoms with van der Waals surface area (Å²) in [5.41, 5.74) is 6.19. The summed E-state index contributed by atoms with van der Waals surface area (Å²) < 4.78 is 0. The summed E-state index contributed by atoms with van der Waals surface area (Å²) in [6.07, 6.45) is 0. The number of nitrogens with two attached hydrogens (primary N) is 1. The lowest BCUT2D eigenvalue weighted by molar-refractivity contribution is 0.317. The van der Waals surface area contributed by atoms with E-state index in [-0.39, 0.29) is 5.84 Å². The zero-order chi connectivity index (χ0) is 7.98. The van der Waals surface area contributed by atoms with Crippen LogP contribution in [0, 0.1) is 0 Å². The van der Waals surface area contributed by atoms with Crippen molar-refractivity contribution in [3.8, 4) is 0 Å². The summed E-state index contributed by atoms with van der Waals surface area (Å²) >= 11 is 0. The average molecular weight is 143 g/mol. The van der Waals surface area contributed by atoms with Gasteiger partial charge in [-0.15, -0.1) is 0 Å². The molecule has 0 heterocycles. The fourth-order valence-corrected chi connectivity index (χ4v) is 0.439. The van der Waals surface area contributed by atoms with E-state index in [0.29, 0.717) is 13.1 Å². The van der Waals surface area contributed by atoms with Crippen LogP contribution >= 0.6 is 0 Å². The van der Waals surface area contributed by atoms with Crippen molar-refractivity contribution < 1.29 is 5.21 Å². The third-order valence-corrected chi connectivity index (χ3v) is 0.861. The van der Waals surface area contributed by atoms with Gasteiger partial charge >= 0.3 is 0 Å². The average Bonchev–Trinajstić information content (AvgIpc) is 1.87. The van der Waals surface area contributed by atoms with Crippen molar-refractivity contribution in [3.05, 3.63) is 12.2 Å². The molecule has 10 heavy (non-hydrogen) atoms. The van der Waals surface area contributed by atoms with Crippen molar-refractivity contribution in [3.63, 3.8) is 0 Å². The van der Waals surface area contributed by atoms with Crippen LogP contribution in [0.4, 0.5) is 0 Å². The van der Waals surface area contributed by atoms with Crippen molar-refractivity contribution in [1.29, 1.82) is 0 Å². The molecule has 0 bridgehead atoms. The Bertz CT molecular complexity index is 142. The second-order valence-corrected chi connectivity index (χ2v) is 2.15. The van der Waals surface area contributed by atoms with Gasteiger partial charge in [0.2, 0.25) is 0 Å². The van der Waals surface area contributed by atoms with Crippen LogP contribution in [0.1, 0.15) is 6.92 Å². The maximum absolute atomic E-state index is 8.10. The Kier molecular flexibility index (Phi) is 4.32. The lowest BCUT2D eigenvalue weighted by atomic mass is 10.3. The predicted octanol–water partition coefficient (Wildman–Crippen LogP) is -0.102. The molecule has 0 radical (unpaired) electrons. The largest absolute Gasteiger partial charge is 0.409 e. The summed E-state index contributed by atoms with van der Waals surface area (Å²) in [6.45, 7) is 6.66. The Hall–Kier alpha value is -1.03. The monoisotopic (exact) mass is 143 g/mol. The van der Waals surface area contributed by atoms with Crippen molar-refractivity contribution >= 4 is 5.84 Å². The first-order chi connectivity index (χ1) is 4.66. The molecule has 4 nitrogen and oxygen atoms in total. The number of rotatable bonds is 4. The Morgan fingerprint density at radius 1 is 1.70 bits per heavy atom. The van der Waals surface area contributed by atoms with E-state index in [1.54, 1.807) is 0 Å². The van der Waals surface area contributed by atoms with Crippen LogP contribution in [-0.4, -0.2) is 24.1 Å². The number of hydrogen-bond donors (Lipinski definition) is 3. The highest BCUT2D eigenvalue weighted by Crippen LogP contribution is 1.79. The van der Waals surface area contributed by atoms with Crippen LogP contribution in [0.2, 0.25) is 0 Å². The molecule has 0 aliphatic heterocycles. The Morgan fingerprint density at radius 2 is 2.30 bits per heavy atom. The van der Waals surface area contributed by atoms with Crippen LogP contribution in [0.3, 0.4) is 0 Å². The third kappa shape index (κ3) is 5.11. The molecule has 0 fully saturated rings. The van der Waals surface area contributed by atoms with Crippen LogP contribution in [0.15, 0.2) is 17.3 Å². The highest BCUT2D eigenvalue weighted by atomic mass is 16.4. The van der Waals surface area contributed by atoms with Gasteiger partial charge in [-0.05, 0) is 6.92 Å². The second-order valence-electron chi connectivity index (χ2n) is 2.15. The molecule has 4 heteroatoms. The van der Waals surface area contributed by atoms with Gasteiger partial charge in [-0.1, -0.05) is 17.3 Å². The molecule has 0 aromatic carbocycles. The van der Waals surface area contributed by atoms with E-state index < -0.39 is 0 Å². The van der Waals surface area contributed by atoms with E-state index in [9.17, 15) is 0 Å². The Labute approximate surface area is 60.4 Å². The van der Waals surface area contributed by atoms with Crippen molar-refractivity contribution in [1.82, 2.24) is 5.32 Å². The van der Waals surface area contributed by atoms with Gasteiger partial charge in [0.05, 0.1) is 6.54 Å². The van der Waals surface area contributed by atoms with Crippen LogP contribution in [0.5, 0.6) is 0 Å². The maximum atomic E-state index is 8.10. The molecule has 0 aromatic heterocycles. The maximum Gasteiger partial charge on any atom is 0.153 e. The topological polar surface area (TPSA) is 70.6 Å². The molecular formula is C6H13N3O. The van der Waals surface area contributed by atoms with Crippen molar-refractivity contribution in [2.24, 2.45) is 10.9 Å².